The van der Waals surface area contributed by atoms with Gasteiger partial charge in [0, 0.05) is 23.7 Å². The Bertz CT molecular complexity index is 1590. The number of hydrogen-bond donors (Lipinski definition) is 2. The van der Waals surface area contributed by atoms with Crippen LogP contribution in [-0.2, 0) is 4.79 Å². The van der Waals surface area contributed by atoms with Gasteiger partial charge in [0.25, 0.3) is 5.91 Å². The molecule has 5 nitrogen and oxygen atoms in total. The van der Waals surface area contributed by atoms with E-state index in [-0.39, 0.29) is 11.3 Å². The Labute approximate surface area is 287 Å². The third-order valence-electron chi connectivity index (χ3n) is 10.1. The van der Waals surface area contributed by atoms with E-state index in [1.165, 1.54) is 6.42 Å². The highest BCUT2D eigenvalue weighted by molar-refractivity contribution is 7.13. The predicted molar refractivity (Wildman–Crippen MR) is 202 cm³/mol. The van der Waals surface area contributed by atoms with Crippen LogP contribution in [0.15, 0.2) is 96.1 Å². The molecule has 0 bridgehead atoms. The summed E-state index contributed by atoms with van der Waals surface area (Å²) < 4.78 is 0. The monoisotopic (exact) mass is 650 g/mol. The van der Waals surface area contributed by atoms with Crippen LogP contribution in [0.25, 0.3) is 5.57 Å². The molecule has 0 radical (unpaired) electrons. The molecule has 0 spiro atoms. The van der Waals surface area contributed by atoms with Crippen molar-refractivity contribution in [2.45, 2.75) is 86.5 Å². The Balaban J connectivity index is 0.00000120. The molecule has 1 saturated carbocycles. The van der Waals surface area contributed by atoms with Gasteiger partial charge in [-0.3, -0.25) is 4.79 Å². The zero-order valence-corrected chi connectivity index (χ0v) is 30.4. The summed E-state index contributed by atoms with van der Waals surface area (Å²) in [4.78, 5) is 22.0. The van der Waals surface area contributed by atoms with Crippen molar-refractivity contribution in [3.63, 3.8) is 0 Å². The molecular formula is C41H54N4OS. The second kappa shape index (κ2) is 16.9. The van der Waals surface area contributed by atoms with Gasteiger partial charge in [-0.1, -0.05) is 115 Å². The van der Waals surface area contributed by atoms with Crippen molar-refractivity contribution in [2.24, 2.45) is 23.2 Å². The van der Waals surface area contributed by atoms with Gasteiger partial charge < -0.3 is 10.6 Å². The lowest BCUT2D eigenvalue weighted by atomic mass is 9.48. The van der Waals surface area contributed by atoms with E-state index in [9.17, 15) is 4.79 Å². The van der Waals surface area contributed by atoms with E-state index in [2.05, 4.69) is 96.4 Å². The SMILES string of the molecule is CC.CC.CC/C=C(\C/C=C(\C)c1csc(NCC2CC3c4ccccc4C(C4C=CC=CC4C)C23C)n1)C(=O)Nc1ccccn1. The van der Waals surface area contributed by atoms with Crippen molar-refractivity contribution >= 4 is 33.8 Å². The van der Waals surface area contributed by atoms with Crippen LogP contribution < -0.4 is 10.6 Å². The zero-order valence-electron chi connectivity index (χ0n) is 29.6. The molecular weight excluding hydrogens is 597 g/mol. The highest BCUT2D eigenvalue weighted by Crippen LogP contribution is 2.71. The molecule has 47 heavy (non-hydrogen) atoms. The summed E-state index contributed by atoms with van der Waals surface area (Å²) in [5, 5.41) is 9.71. The van der Waals surface area contributed by atoms with Crippen molar-refractivity contribution in [1.82, 2.24) is 9.97 Å². The first-order valence-electron chi connectivity index (χ1n) is 17.6. The van der Waals surface area contributed by atoms with Gasteiger partial charge in [0.1, 0.15) is 5.82 Å². The first-order valence-corrected chi connectivity index (χ1v) is 18.5. The second-order valence-electron chi connectivity index (χ2n) is 12.5. The highest BCUT2D eigenvalue weighted by atomic mass is 32.1. The molecule has 1 fully saturated rings. The molecule has 2 heterocycles. The molecule has 6 rings (SSSR count). The lowest BCUT2D eigenvalue weighted by molar-refractivity contribution is -0.112. The number of nitrogens with zero attached hydrogens (tertiary/aromatic N) is 2. The largest absolute Gasteiger partial charge is 0.361 e. The van der Waals surface area contributed by atoms with E-state index in [0.717, 1.165) is 34.9 Å². The number of carbonyl (C=O) groups is 1. The van der Waals surface area contributed by atoms with Crippen LogP contribution in [0.4, 0.5) is 10.9 Å². The quantitative estimate of drug-likeness (QED) is 0.214. The minimum atomic E-state index is -0.112. The van der Waals surface area contributed by atoms with Crippen molar-refractivity contribution < 1.29 is 4.79 Å². The van der Waals surface area contributed by atoms with Gasteiger partial charge in [-0.2, -0.15) is 0 Å². The number of anilines is 2. The maximum Gasteiger partial charge on any atom is 0.252 e. The van der Waals surface area contributed by atoms with Gasteiger partial charge in [-0.05, 0) is 90.0 Å². The highest BCUT2D eigenvalue weighted by Gasteiger charge is 2.62. The van der Waals surface area contributed by atoms with Crippen LogP contribution in [0.5, 0.6) is 0 Å². The van der Waals surface area contributed by atoms with Gasteiger partial charge in [-0.15, -0.1) is 11.3 Å². The molecule has 3 aromatic rings. The normalized spacial score (nSPS) is 25.7. The van der Waals surface area contributed by atoms with Crippen LogP contribution in [0.3, 0.4) is 0 Å². The molecule has 6 atom stereocenters. The third-order valence-corrected chi connectivity index (χ3v) is 10.9. The molecule has 3 aliphatic carbocycles. The zero-order chi connectivity index (χ0) is 34.0. The number of thiazole rings is 1. The smallest absolute Gasteiger partial charge is 0.252 e. The van der Waals surface area contributed by atoms with Crippen molar-refractivity contribution in [1.29, 1.82) is 0 Å². The number of benzene rings is 1. The summed E-state index contributed by atoms with van der Waals surface area (Å²) in [6, 6.07) is 14.7. The van der Waals surface area contributed by atoms with E-state index in [1.807, 2.05) is 52.8 Å². The Hall–Kier alpha value is -3.77. The van der Waals surface area contributed by atoms with Gasteiger partial charge in [0.05, 0.1) is 5.69 Å². The lowest BCUT2D eigenvalue weighted by Crippen LogP contribution is -2.50. The van der Waals surface area contributed by atoms with Crippen molar-refractivity contribution in [3.8, 4) is 0 Å². The number of fused-ring (bicyclic) bond motifs is 3. The number of pyridine rings is 1. The molecule has 6 unspecified atom stereocenters. The number of amides is 1. The molecule has 0 saturated heterocycles. The predicted octanol–water partition coefficient (Wildman–Crippen LogP) is 11.1. The second-order valence-corrected chi connectivity index (χ2v) is 13.3. The van der Waals surface area contributed by atoms with Gasteiger partial charge in [-0.25, -0.2) is 9.97 Å². The van der Waals surface area contributed by atoms with Crippen LogP contribution in [-0.4, -0.2) is 22.4 Å². The summed E-state index contributed by atoms with van der Waals surface area (Å²) in [7, 11) is 0. The van der Waals surface area contributed by atoms with E-state index in [1.54, 1.807) is 34.7 Å². The number of aromatic nitrogens is 2. The van der Waals surface area contributed by atoms with E-state index in [4.69, 9.17) is 4.98 Å². The number of allylic oxidation sites excluding steroid dienone is 7. The Morgan fingerprint density at radius 3 is 2.45 bits per heavy atom. The minimum Gasteiger partial charge on any atom is -0.361 e. The van der Waals surface area contributed by atoms with Crippen molar-refractivity contribution in [2.75, 3.05) is 17.2 Å². The van der Waals surface area contributed by atoms with Crippen LogP contribution >= 0.6 is 11.3 Å². The average Bonchev–Trinajstić information content (AvgIpc) is 3.65. The number of carbonyl (C=O) groups excluding carboxylic acids is 1. The lowest BCUT2D eigenvalue weighted by Gasteiger charge is -2.56. The van der Waals surface area contributed by atoms with Gasteiger partial charge in [0.15, 0.2) is 5.13 Å². The summed E-state index contributed by atoms with van der Waals surface area (Å²) in [5.74, 6) is 3.26. The molecule has 250 valence electrons. The topological polar surface area (TPSA) is 66.9 Å². The summed E-state index contributed by atoms with van der Waals surface area (Å²) >= 11 is 1.66. The number of hydrogen-bond acceptors (Lipinski definition) is 5. The fourth-order valence-electron chi connectivity index (χ4n) is 7.63. The van der Waals surface area contributed by atoms with Gasteiger partial charge in [0.2, 0.25) is 0 Å². The van der Waals surface area contributed by atoms with E-state index >= 15 is 0 Å². The molecule has 2 aromatic heterocycles. The maximum absolute atomic E-state index is 12.9. The van der Waals surface area contributed by atoms with E-state index in [0.29, 0.717) is 41.8 Å². The van der Waals surface area contributed by atoms with E-state index < -0.39 is 0 Å². The third kappa shape index (κ3) is 7.70. The first kappa shape index (κ1) is 36.1. The Kier molecular flexibility index (Phi) is 12.9. The molecule has 6 heteroatoms. The summed E-state index contributed by atoms with van der Waals surface area (Å²) in [6.45, 7) is 18.0. The Morgan fingerprint density at radius 2 is 1.74 bits per heavy atom. The fourth-order valence-corrected chi connectivity index (χ4v) is 8.41. The van der Waals surface area contributed by atoms with Crippen molar-refractivity contribution in [3.05, 3.63) is 113 Å². The average molecular weight is 651 g/mol. The summed E-state index contributed by atoms with van der Waals surface area (Å²) in [5.41, 5.74) is 6.15. The van der Waals surface area contributed by atoms with Crippen LogP contribution in [0.1, 0.15) is 103 Å². The Morgan fingerprint density at radius 1 is 1.02 bits per heavy atom. The molecule has 0 aliphatic heterocycles. The fraction of sp³-hybridized carbons (Fsp3) is 0.439. The number of rotatable bonds is 10. The van der Waals surface area contributed by atoms with Crippen LogP contribution in [0.2, 0.25) is 0 Å². The molecule has 1 aromatic carbocycles. The summed E-state index contributed by atoms with van der Waals surface area (Å²) in [6.07, 6.45) is 17.6. The van der Waals surface area contributed by atoms with Gasteiger partial charge >= 0.3 is 0 Å². The minimum absolute atomic E-state index is 0.112. The maximum atomic E-state index is 12.9. The standard InChI is InChI=1S/C37H42N4OS.2C2H6/c1-5-12-26(35(42)41-33-17-10-11-20-38-33)19-18-25(3)32-23-43-36(40-32)39-22-27-21-31-29-15-8-9-16-30(29)34(37(27,31)4)28-14-7-6-13-24(28)2;2*1-2/h6-18,20,23-24,27-28,31,34H,5,19,21-22H2,1-4H3,(H,39,40)(H,38,41,42);2*1-2H3/b25-18+,26-12+;;. The molecule has 1 amide bonds. The molecule has 3 aliphatic rings. The van der Waals surface area contributed by atoms with Crippen LogP contribution in [0, 0.1) is 23.2 Å². The molecule has 2 N–H and O–H groups in total. The number of nitrogens with one attached hydrogen (secondary N) is 2. The first-order chi connectivity index (χ1) is 22.9.